The van der Waals surface area contributed by atoms with Crippen molar-refractivity contribution in [2.24, 2.45) is 5.92 Å². The van der Waals surface area contributed by atoms with Gasteiger partial charge < -0.3 is 5.32 Å². The van der Waals surface area contributed by atoms with E-state index in [4.69, 9.17) is 11.6 Å². The van der Waals surface area contributed by atoms with E-state index in [0.29, 0.717) is 0 Å². The molecule has 0 radical (unpaired) electrons. The van der Waals surface area contributed by atoms with Gasteiger partial charge in [0.15, 0.2) is 0 Å². The van der Waals surface area contributed by atoms with E-state index in [1.54, 1.807) is 0 Å². The lowest BCUT2D eigenvalue weighted by Crippen LogP contribution is -2.24. The van der Waals surface area contributed by atoms with E-state index in [9.17, 15) is 0 Å². The number of rotatable bonds is 4. The average molecular weight is 289 g/mol. The van der Waals surface area contributed by atoms with E-state index < -0.39 is 0 Å². The van der Waals surface area contributed by atoms with Gasteiger partial charge in [0.1, 0.15) is 0 Å². The lowest BCUT2D eigenvalue weighted by atomic mass is 9.89. The van der Waals surface area contributed by atoms with Gasteiger partial charge in [0.25, 0.3) is 0 Å². The molecule has 1 heterocycles. The summed E-state index contributed by atoms with van der Waals surface area (Å²) in [5.74, 6) is 0.857. The molecular weight excluding hydrogens is 268 g/mol. The molecule has 1 aromatic heterocycles. The summed E-state index contributed by atoms with van der Waals surface area (Å²) in [7, 11) is 0. The summed E-state index contributed by atoms with van der Waals surface area (Å²) >= 11 is 6.22. The van der Waals surface area contributed by atoms with Crippen LogP contribution in [0.2, 0.25) is 5.02 Å². The minimum Gasteiger partial charge on any atom is -0.312 e. The molecule has 106 valence electrons. The molecule has 0 saturated heterocycles. The van der Waals surface area contributed by atoms with Crippen LogP contribution < -0.4 is 5.32 Å². The zero-order valence-corrected chi connectivity index (χ0v) is 12.5. The third kappa shape index (κ3) is 3.13. The smallest absolute Gasteiger partial charge is 0.0761 e. The van der Waals surface area contributed by atoms with Crippen LogP contribution in [0.1, 0.15) is 37.7 Å². The molecule has 0 amide bonds. The SMILES string of the molecule is Clc1ccc(CNCC2CCCCC2)c2ncccc12. The number of nitrogens with zero attached hydrogens (tertiary/aromatic N) is 1. The topological polar surface area (TPSA) is 24.9 Å². The van der Waals surface area contributed by atoms with Gasteiger partial charge in [0.05, 0.1) is 5.52 Å². The molecule has 1 N–H and O–H groups in total. The fourth-order valence-corrected chi connectivity index (χ4v) is 3.36. The lowest BCUT2D eigenvalue weighted by Gasteiger charge is -2.22. The van der Waals surface area contributed by atoms with E-state index in [-0.39, 0.29) is 0 Å². The third-order valence-corrected chi connectivity index (χ3v) is 4.60. The number of fused-ring (bicyclic) bond motifs is 1. The molecule has 0 unspecified atom stereocenters. The summed E-state index contributed by atoms with van der Waals surface area (Å²) in [6, 6.07) is 8.04. The maximum atomic E-state index is 6.22. The number of benzene rings is 1. The van der Waals surface area contributed by atoms with Crippen molar-refractivity contribution >= 4 is 22.5 Å². The first-order valence-electron chi connectivity index (χ1n) is 7.57. The molecule has 3 heteroatoms. The predicted octanol–water partition coefficient (Wildman–Crippen LogP) is 4.56. The Balaban J connectivity index is 1.67. The van der Waals surface area contributed by atoms with Gasteiger partial charge >= 0.3 is 0 Å². The molecule has 1 aliphatic carbocycles. The van der Waals surface area contributed by atoms with Crippen LogP contribution >= 0.6 is 11.6 Å². The van der Waals surface area contributed by atoms with Crippen LogP contribution in [-0.2, 0) is 6.54 Å². The number of halogens is 1. The van der Waals surface area contributed by atoms with Crippen LogP contribution in [0.3, 0.4) is 0 Å². The van der Waals surface area contributed by atoms with Crippen LogP contribution in [-0.4, -0.2) is 11.5 Å². The van der Waals surface area contributed by atoms with Crippen molar-refractivity contribution in [2.75, 3.05) is 6.54 Å². The van der Waals surface area contributed by atoms with Gasteiger partial charge in [0.2, 0.25) is 0 Å². The van der Waals surface area contributed by atoms with E-state index >= 15 is 0 Å². The normalized spacial score (nSPS) is 16.6. The quantitative estimate of drug-likeness (QED) is 0.892. The number of hydrogen-bond acceptors (Lipinski definition) is 2. The van der Waals surface area contributed by atoms with Gasteiger partial charge in [-0.25, -0.2) is 0 Å². The van der Waals surface area contributed by atoms with Crippen molar-refractivity contribution < 1.29 is 0 Å². The van der Waals surface area contributed by atoms with Crippen LogP contribution in [0, 0.1) is 5.92 Å². The molecule has 1 aromatic carbocycles. The standard InChI is InChI=1S/C17H21ClN2/c18-16-9-8-14(17-15(16)7-4-10-20-17)12-19-11-13-5-2-1-3-6-13/h4,7-10,13,19H,1-3,5-6,11-12H2. The minimum atomic E-state index is 0.782. The van der Waals surface area contributed by atoms with Crippen LogP contribution in [0.15, 0.2) is 30.5 Å². The fourth-order valence-electron chi connectivity index (χ4n) is 3.14. The van der Waals surface area contributed by atoms with E-state index in [1.165, 1.54) is 37.7 Å². The predicted molar refractivity (Wildman–Crippen MR) is 85.0 cm³/mol. The van der Waals surface area contributed by atoms with Gasteiger partial charge in [-0.3, -0.25) is 4.98 Å². The van der Waals surface area contributed by atoms with Crippen LogP contribution in [0.5, 0.6) is 0 Å². The summed E-state index contributed by atoms with van der Waals surface area (Å²) in [6.07, 6.45) is 8.82. The largest absolute Gasteiger partial charge is 0.312 e. The number of hydrogen-bond donors (Lipinski definition) is 1. The summed E-state index contributed by atoms with van der Waals surface area (Å²) in [5.41, 5.74) is 2.26. The molecule has 1 saturated carbocycles. The highest BCUT2D eigenvalue weighted by atomic mass is 35.5. The van der Waals surface area contributed by atoms with Crippen LogP contribution in [0.4, 0.5) is 0 Å². The van der Waals surface area contributed by atoms with Crippen molar-refractivity contribution in [3.05, 3.63) is 41.0 Å². The van der Waals surface area contributed by atoms with E-state index in [0.717, 1.165) is 34.9 Å². The second-order valence-electron chi connectivity index (χ2n) is 5.74. The summed E-state index contributed by atoms with van der Waals surface area (Å²) in [6.45, 7) is 2.00. The molecule has 1 fully saturated rings. The molecule has 2 nitrogen and oxygen atoms in total. The van der Waals surface area contributed by atoms with Gasteiger partial charge in [-0.15, -0.1) is 0 Å². The zero-order valence-electron chi connectivity index (χ0n) is 11.7. The first kappa shape index (κ1) is 13.8. The Bertz CT molecular complexity index is 576. The highest BCUT2D eigenvalue weighted by molar-refractivity contribution is 6.35. The highest BCUT2D eigenvalue weighted by Gasteiger charge is 2.13. The average Bonchev–Trinajstić information content (AvgIpc) is 2.51. The Kier molecular flexibility index (Phi) is 4.54. The summed E-state index contributed by atoms with van der Waals surface area (Å²) in [5, 5.41) is 5.43. The maximum Gasteiger partial charge on any atom is 0.0761 e. The maximum absolute atomic E-state index is 6.22. The first-order valence-corrected chi connectivity index (χ1v) is 7.95. The van der Waals surface area contributed by atoms with E-state index in [2.05, 4.69) is 16.4 Å². The second-order valence-corrected chi connectivity index (χ2v) is 6.15. The van der Waals surface area contributed by atoms with Gasteiger partial charge in [-0.2, -0.15) is 0 Å². The Morgan fingerprint density at radius 2 is 2.00 bits per heavy atom. The van der Waals surface area contributed by atoms with E-state index in [1.807, 2.05) is 24.4 Å². The second kappa shape index (κ2) is 6.55. The van der Waals surface area contributed by atoms with Gasteiger partial charge in [-0.05, 0) is 49.1 Å². The molecule has 0 aliphatic heterocycles. The van der Waals surface area contributed by atoms with Crippen molar-refractivity contribution in [3.63, 3.8) is 0 Å². The monoisotopic (exact) mass is 288 g/mol. The Hall–Kier alpha value is -1.12. The summed E-state index contributed by atoms with van der Waals surface area (Å²) in [4.78, 5) is 4.48. The Morgan fingerprint density at radius 1 is 1.15 bits per heavy atom. The summed E-state index contributed by atoms with van der Waals surface area (Å²) < 4.78 is 0. The Morgan fingerprint density at radius 3 is 2.85 bits per heavy atom. The number of aromatic nitrogens is 1. The molecule has 1 aliphatic rings. The minimum absolute atomic E-state index is 0.782. The highest BCUT2D eigenvalue weighted by Crippen LogP contribution is 2.25. The molecule has 0 bridgehead atoms. The van der Waals surface area contributed by atoms with Crippen molar-refractivity contribution in [2.45, 2.75) is 38.6 Å². The van der Waals surface area contributed by atoms with Gasteiger partial charge in [-0.1, -0.05) is 36.9 Å². The third-order valence-electron chi connectivity index (χ3n) is 4.27. The first-order chi connectivity index (χ1) is 9.84. The number of pyridine rings is 1. The Labute approximate surface area is 125 Å². The molecule has 3 rings (SSSR count). The number of nitrogens with one attached hydrogen (secondary N) is 1. The molecular formula is C17H21ClN2. The molecule has 0 atom stereocenters. The molecule has 20 heavy (non-hydrogen) atoms. The van der Waals surface area contributed by atoms with Crippen molar-refractivity contribution in [1.29, 1.82) is 0 Å². The lowest BCUT2D eigenvalue weighted by molar-refractivity contribution is 0.342. The molecule has 2 aromatic rings. The van der Waals surface area contributed by atoms with Crippen molar-refractivity contribution in [3.8, 4) is 0 Å². The van der Waals surface area contributed by atoms with Crippen molar-refractivity contribution in [1.82, 2.24) is 10.3 Å². The zero-order chi connectivity index (χ0) is 13.8. The molecule has 0 spiro atoms. The van der Waals surface area contributed by atoms with Crippen LogP contribution in [0.25, 0.3) is 10.9 Å². The van der Waals surface area contributed by atoms with Gasteiger partial charge in [0, 0.05) is 23.2 Å². The fraction of sp³-hybridized carbons (Fsp3) is 0.471.